The smallest absolute Gasteiger partial charge is 0.160 e. The van der Waals surface area contributed by atoms with Crippen molar-refractivity contribution in [1.82, 2.24) is 19.1 Å². The Bertz CT molecular complexity index is 3930. The molecule has 0 radical (unpaired) electrons. The lowest BCUT2D eigenvalue weighted by Crippen LogP contribution is -1.97. The summed E-state index contributed by atoms with van der Waals surface area (Å²) in [6.07, 6.45) is 0. The zero-order valence-corrected chi connectivity index (χ0v) is 34.7. The van der Waals surface area contributed by atoms with Gasteiger partial charge in [-0.1, -0.05) is 152 Å². The quantitative estimate of drug-likeness (QED) is 0.168. The van der Waals surface area contributed by atoms with Gasteiger partial charge in [0.1, 0.15) is 0 Å². The molecule has 0 saturated heterocycles. The molecule has 64 heavy (non-hydrogen) atoms. The van der Waals surface area contributed by atoms with E-state index in [0.29, 0.717) is 5.82 Å². The number of fused-ring (bicyclic) bond motifs is 8. The molecule has 13 rings (SSSR count). The first-order valence-corrected chi connectivity index (χ1v) is 21.8. The van der Waals surface area contributed by atoms with E-state index in [0.717, 1.165) is 44.6 Å². The molecule has 3 heterocycles. The van der Waals surface area contributed by atoms with E-state index in [1.54, 1.807) is 0 Å². The second-order valence-corrected chi connectivity index (χ2v) is 16.6. The molecule has 0 aliphatic heterocycles. The molecule has 0 aliphatic carbocycles. The van der Waals surface area contributed by atoms with E-state index in [2.05, 4.69) is 234 Å². The number of para-hydroxylation sites is 4. The van der Waals surface area contributed by atoms with Crippen LogP contribution >= 0.6 is 0 Å². The SMILES string of the molecule is c1ccc(-n2c3ccccc3c3ccc(-c4ccc5c(c4)c4ccccc4n5-c4ccc(-c5nc(-c6ccc(-c7ccc8ccccc8c7)cc6)c6ccccc6n5)cc4)cc32)cc1. The highest BCUT2D eigenvalue weighted by Crippen LogP contribution is 2.39. The van der Waals surface area contributed by atoms with Crippen LogP contribution in [0.2, 0.25) is 0 Å². The van der Waals surface area contributed by atoms with Crippen molar-refractivity contribution in [2.75, 3.05) is 0 Å². The van der Waals surface area contributed by atoms with Crippen LogP contribution in [0.1, 0.15) is 0 Å². The van der Waals surface area contributed by atoms with Crippen molar-refractivity contribution in [3.63, 3.8) is 0 Å². The van der Waals surface area contributed by atoms with Crippen molar-refractivity contribution >= 4 is 65.3 Å². The molecule has 10 aromatic carbocycles. The van der Waals surface area contributed by atoms with Gasteiger partial charge in [-0.25, -0.2) is 9.97 Å². The van der Waals surface area contributed by atoms with Crippen molar-refractivity contribution in [1.29, 1.82) is 0 Å². The van der Waals surface area contributed by atoms with Gasteiger partial charge in [-0.15, -0.1) is 0 Å². The zero-order valence-electron chi connectivity index (χ0n) is 34.7. The van der Waals surface area contributed by atoms with E-state index >= 15 is 0 Å². The van der Waals surface area contributed by atoms with Gasteiger partial charge in [-0.2, -0.15) is 0 Å². The molecule has 0 bridgehead atoms. The van der Waals surface area contributed by atoms with Gasteiger partial charge in [0.05, 0.1) is 33.3 Å². The lowest BCUT2D eigenvalue weighted by atomic mass is 9.98. The van der Waals surface area contributed by atoms with E-state index in [1.165, 1.54) is 71.1 Å². The average Bonchev–Trinajstić information content (AvgIpc) is 3.88. The van der Waals surface area contributed by atoms with Crippen molar-refractivity contribution in [2.24, 2.45) is 0 Å². The summed E-state index contributed by atoms with van der Waals surface area (Å²) in [5, 5.41) is 8.46. The van der Waals surface area contributed by atoms with Crippen LogP contribution in [-0.4, -0.2) is 19.1 Å². The highest BCUT2D eigenvalue weighted by atomic mass is 15.0. The zero-order chi connectivity index (χ0) is 42.1. The Morgan fingerprint density at radius 2 is 0.781 bits per heavy atom. The summed E-state index contributed by atoms with van der Waals surface area (Å²) in [4.78, 5) is 10.3. The van der Waals surface area contributed by atoms with Crippen molar-refractivity contribution < 1.29 is 0 Å². The second kappa shape index (κ2) is 14.5. The van der Waals surface area contributed by atoms with Crippen molar-refractivity contribution in [3.8, 4) is 56.3 Å². The summed E-state index contributed by atoms with van der Waals surface area (Å²) < 4.78 is 4.76. The van der Waals surface area contributed by atoms with Gasteiger partial charge in [0.2, 0.25) is 0 Å². The van der Waals surface area contributed by atoms with E-state index in [1.807, 2.05) is 6.07 Å². The second-order valence-electron chi connectivity index (χ2n) is 16.6. The van der Waals surface area contributed by atoms with Crippen LogP contribution in [0.4, 0.5) is 0 Å². The van der Waals surface area contributed by atoms with Gasteiger partial charge in [0.15, 0.2) is 5.82 Å². The molecule has 0 N–H and O–H groups in total. The molecule has 13 aromatic rings. The summed E-state index contributed by atoms with van der Waals surface area (Å²) in [6.45, 7) is 0. The van der Waals surface area contributed by atoms with Crippen LogP contribution in [-0.2, 0) is 0 Å². The van der Waals surface area contributed by atoms with Crippen LogP contribution in [0.25, 0.3) is 122 Å². The van der Waals surface area contributed by atoms with Crippen LogP contribution in [0, 0.1) is 0 Å². The highest BCUT2D eigenvalue weighted by Gasteiger charge is 2.17. The number of benzene rings is 10. The highest BCUT2D eigenvalue weighted by molar-refractivity contribution is 6.12. The fourth-order valence-corrected chi connectivity index (χ4v) is 9.81. The van der Waals surface area contributed by atoms with E-state index in [9.17, 15) is 0 Å². The van der Waals surface area contributed by atoms with Crippen molar-refractivity contribution in [3.05, 3.63) is 231 Å². The number of nitrogens with zero attached hydrogens (tertiary/aromatic N) is 4. The van der Waals surface area contributed by atoms with E-state index in [4.69, 9.17) is 9.97 Å². The summed E-state index contributed by atoms with van der Waals surface area (Å²) in [7, 11) is 0. The lowest BCUT2D eigenvalue weighted by molar-refractivity contribution is 1.17. The summed E-state index contributed by atoms with van der Waals surface area (Å²) in [5.41, 5.74) is 15.6. The molecule has 3 aromatic heterocycles. The fraction of sp³-hybridized carbons (Fsp3) is 0. The molecule has 4 nitrogen and oxygen atoms in total. The maximum absolute atomic E-state index is 5.25. The summed E-state index contributed by atoms with van der Waals surface area (Å²) in [5.74, 6) is 0.703. The molecule has 0 aliphatic rings. The third-order valence-corrected chi connectivity index (χ3v) is 12.9. The Labute approximate surface area is 369 Å². The topological polar surface area (TPSA) is 35.6 Å². The van der Waals surface area contributed by atoms with Gasteiger partial charge in [0.25, 0.3) is 0 Å². The van der Waals surface area contributed by atoms with E-state index in [-0.39, 0.29) is 0 Å². The maximum Gasteiger partial charge on any atom is 0.160 e. The molecular weight excluding hydrogens is 777 g/mol. The lowest BCUT2D eigenvalue weighted by Gasteiger charge is -2.12. The normalized spacial score (nSPS) is 11.8. The van der Waals surface area contributed by atoms with Gasteiger partial charge >= 0.3 is 0 Å². The molecule has 4 heteroatoms. The van der Waals surface area contributed by atoms with E-state index < -0.39 is 0 Å². The van der Waals surface area contributed by atoms with Crippen LogP contribution in [0.3, 0.4) is 0 Å². The number of rotatable bonds is 6. The minimum Gasteiger partial charge on any atom is -0.309 e. The first-order chi connectivity index (χ1) is 31.7. The fourth-order valence-electron chi connectivity index (χ4n) is 9.81. The first kappa shape index (κ1) is 36.1. The van der Waals surface area contributed by atoms with Crippen molar-refractivity contribution in [2.45, 2.75) is 0 Å². The number of hydrogen-bond acceptors (Lipinski definition) is 2. The molecule has 0 atom stereocenters. The average molecular weight is 815 g/mol. The van der Waals surface area contributed by atoms with Gasteiger partial charge in [-0.05, 0) is 112 Å². The number of aromatic nitrogens is 4. The number of hydrogen-bond donors (Lipinski definition) is 0. The summed E-state index contributed by atoms with van der Waals surface area (Å²) >= 11 is 0. The molecule has 0 fully saturated rings. The Balaban J connectivity index is 0.872. The third kappa shape index (κ3) is 5.84. The minimum absolute atomic E-state index is 0.703. The molecule has 0 spiro atoms. The molecule has 0 saturated carbocycles. The Hall–Kier alpha value is -8.60. The molecule has 0 unspecified atom stereocenters. The van der Waals surface area contributed by atoms with Crippen LogP contribution in [0.15, 0.2) is 231 Å². The monoisotopic (exact) mass is 814 g/mol. The third-order valence-electron chi connectivity index (χ3n) is 12.9. The molecule has 298 valence electrons. The van der Waals surface area contributed by atoms with Crippen LogP contribution in [0.5, 0.6) is 0 Å². The Morgan fingerprint density at radius 3 is 1.58 bits per heavy atom. The minimum atomic E-state index is 0.703. The van der Waals surface area contributed by atoms with Gasteiger partial charge < -0.3 is 9.13 Å². The largest absolute Gasteiger partial charge is 0.309 e. The maximum atomic E-state index is 5.25. The van der Waals surface area contributed by atoms with Gasteiger partial charge in [0, 0.05) is 49.4 Å². The Kier molecular flexibility index (Phi) is 8.18. The summed E-state index contributed by atoms with van der Waals surface area (Å²) in [6, 6.07) is 82.8. The van der Waals surface area contributed by atoms with Gasteiger partial charge in [-0.3, -0.25) is 0 Å². The predicted octanol–water partition coefficient (Wildman–Crippen LogP) is 15.6. The first-order valence-electron chi connectivity index (χ1n) is 21.8. The van der Waals surface area contributed by atoms with Crippen LogP contribution < -0.4 is 0 Å². The molecule has 0 amide bonds. The predicted molar refractivity (Wildman–Crippen MR) is 267 cm³/mol. The molecular formula is C60H38N4. The standard InChI is InChI=1S/C60H38N4/c1-2-14-47(15-3-1)64-55-20-10-7-16-49(55)51-34-30-46(38-58(51)64)45-31-35-57-53(37-45)50-17-8-11-21-56(50)63(57)48-32-28-42(29-33-48)60-61-54-19-9-6-18-52(54)59(62-60)41-25-22-40(23-26-41)44-27-24-39-12-4-5-13-43(39)36-44/h1-38H. The Morgan fingerprint density at radius 1 is 0.266 bits per heavy atom.